The van der Waals surface area contributed by atoms with E-state index in [0.29, 0.717) is 19.3 Å². The number of allylic oxidation sites excluding steroid dienone is 2. The summed E-state index contributed by atoms with van der Waals surface area (Å²) >= 11 is 0. The molecule has 0 saturated heterocycles. The van der Waals surface area contributed by atoms with Gasteiger partial charge in [-0.25, -0.2) is 0 Å². The van der Waals surface area contributed by atoms with E-state index < -0.39 is 17.8 Å². The minimum absolute atomic E-state index is 0.0921. The molecule has 0 aliphatic heterocycles. The first kappa shape index (κ1) is 32.0. The molecule has 6 rings (SSSR count). The number of aldehydes is 1. The summed E-state index contributed by atoms with van der Waals surface area (Å²) in [6, 6.07) is 0. The van der Waals surface area contributed by atoms with Crippen LogP contribution in [0.15, 0.2) is 11.6 Å². The maximum atomic E-state index is 14.6. The van der Waals surface area contributed by atoms with Gasteiger partial charge < -0.3 is 14.6 Å². The highest BCUT2D eigenvalue weighted by Gasteiger charge is 2.70. The van der Waals surface area contributed by atoms with E-state index in [1.54, 1.807) is 0 Å². The van der Waals surface area contributed by atoms with Gasteiger partial charge in [0.1, 0.15) is 12.4 Å². The molecular formula is C38H56O6. The topological polar surface area (TPSA) is 97.7 Å². The Kier molecular flexibility index (Phi) is 7.46. The van der Waals surface area contributed by atoms with E-state index in [-0.39, 0.29) is 68.1 Å². The Labute approximate surface area is 264 Å². The molecule has 6 aliphatic carbocycles. The summed E-state index contributed by atoms with van der Waals surface area (Å²) in [5.74, 6) is -1.81. The van der Waals surface area contributed by atoms with Crippen LogP contribution in [0.3, 0.4) is 0 Å². The number of carboxylic acids is 1. The molecule has 44 heavy (non-hydrogen) atoms. The summed E-state index contributed by atoms with van der Waals surface area (Å²) in [5, 5.41) is 9.77. The molecule has 0 aromatic carbocycles. The molecule has 0 heterocycles. The van der Waals surface area contributed by atoms with E-state index in [2.05, 4.69) is 54.5 Å². The first-order valence-electron chi connectivity index (χ1n) is 17.6. The third-order valence-corrected chi connectivity index (χ3v) is 15.5. The number of hydrogen-bond acceptors (Lipinski definition) is 5. The predicted molar refractivity (Wildman–Crippen MR) is 168 cm³/mol. The van der Waals surface area contributed by atoms with Gasteiger partial charge in [0.05, 0.1) is 11.8 Å². The summed E-state index contributed by atoms with van der Waals surface area (Å²) in [7, 11) is 0. The van der Waals surface area contributed by atoms with Gasteiger partial charge >= 0.3 is 11.9 Å². The fourth-order valence-corrected chi connectivity index (χ4v) is 12.4. The Bertz CT molecular complexity index is 1280. The molecule has 5 saturated carbocycles. The second kappa shape index (κ2) is 10.3. The van der Waals surface area contributed by atoms with Gasteiger partial charge in [-0.2, -0.15) is 0 Å². The number of esters is 1. The van der Waals surface area contributed by atoms with Gasteiger partial charge in [0, 0.05) is 16.7 Å². The number of carbonyl (C=O) groups is 4. The van der Waals surface area contributed by atoms with Crippen molar-refractivity contribution < 1.29 is 29.0 Å². The Balaban J connectivity index is 1.30. The van der Waals surface area contributed by atoms with Crippen LogP contribution in [-0.4, -0.2) is 35.2 Å². The van der Waals surface area contributed by atoms with Crippen molar-refractivity contribution >= 4 is 24.0 Å². The molecule has 0 aromatic rings. The lowest BCUT2D eigenvalue weighted by Gasteiger charge is -2.70. The summed E-state index contributed by atoms with van der Waals surface area (Å²) in [4.78, 5) is 52.2. The van der Waals surface area contributed by atoms with Crippen LogP contribution in [-0.2, 0) is 23.9 Å². The van der Waals surface area contributed by atoms with Gasteiger partial charge in [-0.3, -0.25) is 14.4 Å². The molecule has 0 aromatic heterocycles. The lowest BCUT2D eigenvalue weighted by Crippen LogP contribution is -2.66. The van der Waals surface area contributed by atoms with Crippen LogP contribution in [0, 0.1) is 62.1 Å². The maximum absolute atomic E-state index is 14.6. The van der Waals surface area contributed by atoms with Crippen molar-refractivity contribution in [1.82, 2.24) is 0 Å². The van der Waals surface area contributed by atoms with Crippen LogP contribution in [0.2, 0.25) is 0 Å². The molecule has 0 radical (unpaired) electrons. The number of carbonyl (C=O) groups excluding carboxylic acids is 3. The van der Waals surface area contributed by atoms with Gasteiger partial charge in [0.2, 0.25) is 0 Å². The smallest absolute Gasteiger partial charge is 0.310 e. The minimum atomic E-state index is -0.891. The average molecular weight is 609 g/mol. The van der Waals surface area contributed by atoms with Crippen LogP contribution in [0.4, 0.5) is 0 Å². The zero-order valence-corrected chi connectivity index (χ0v) is 28.3. The van der Waals surface area contributed by atoms with Gasteiger partial charge in [-0.05, 0) is 110 Å². The van der Waals surface area contributed by atoms with Crippen LogP contribution >= 0.6 is 0 Å². The van der Waals surface area contributed by atoms with Crippen LogP contribution in [0.25, 0.3) is 0 Å². The average Bonchev–Trinajstić information content (AvgIpc) is 2.96. The van der Waals surface area contributed by atoms with Crippen molar-refractivity contribution in [3.05, 3.63) is 11.6 Å². The van der Waals surface area contributed by atoms with Gasteiger partial charge in [0.25, 0.3) is 0 Å². The molecule has 3 unspecified atom stereocenters. The molecule has 0 spiro atoms. The third-order valence-electron chi connectivity index (χ3n) is 15.5. The van der Waals surface area contributed by atoms with E-state index in [1.807, 2.05) is 0 Å². The molecule has 1 N–H and O–H groups in total. The van der Waals surface area contributed by atoms with E-state index in [0.717, 1.165) is 64.2 Å². The zero-order chi connectivity index (χ0) is 32.1. The van der Waals surface area contributed by atoms with Crippen molar-refractivity contribution in [2.45, 2.75) is 138 Å². The van der Waals surface area contributed by atoms with Crippen LogP contribution < -0.4 is 0 Å². The number of carboxylic acid groups (broad SMARTS) is 1. The number of hydrogen-bond donors (Lipinski definition) is 1. The first-order chi connectivity index (χ1) is 20.5. The SMILES string of the molecule is CC1(C)C2CC[C@]3(C)C(C(=O)C=C4[C@@H]5C[C@@](C)(C=O)CC[C@]5(C)CCC43C)[C@@]2(C)CC[C@@H]1OC(=O)[C@@H]1CCCC[C@H]1C(=O)O. The monoisotopic (exact) mass is 608 g/mol. The molecule has 0 bridgehead atoms. The first-order valence-corrected chi connectivity index (χ1v) is 17.6. The Morgan fingerprint density at radius 1 is 0.864 bits per heavy atom. The molecule has 6 heteroatoms. The van der Waals surface area contributed by atoms with Crippen LogP contribution in [0.1, 0.15) is 132 Å². The normalized spacial score (nSPS) is 49.7. The van der Waals surface area contributed by atoms with Gasteiger partial charge in [-0.15, -0.1) is 0 Å². The zero-order valence-electron chi connectivity index (χ0n) is 28.3. The Hall–Kier alpha value is -1.98. The number of rotatable bonds is 4. The van der Waals surface area contributed by atoms with E-state index in [9.17, 15) is 24.3 Å². The third kappa shape index (κ3) is 4.37. The molecule has 6 aliphatic rings. The highest BCUT2D eigenvalue weighted by Crippen LogP contribution is 2.75. The quantitative estimate of drug-likeness (QED) is 0.257. The summed E-state index contributed by atoms with van der Waals surface area (Å²) in [6.07, 6.45) is 14.3. The Morgan fingerprint density at radius 3 is 2.18 bits per heavy atom. The lowest BCUT2D eigenvalue weighted by atomic mass is 9.33. The fraction of sp³-hybridized carbons (Fsp3) is 0.842. The molecule has 6 nitrogen and oxygen atoms in total. The Morgan fingerprint density at radius 2 is 1.52 bits per heavy atom. The largest absolute Gasteiger partial charge is 0.481 e. The van der Waals surface area contributed by atoms with Gasteiger partial charge in [0.15, 0.2) is 5.78 Å². The van der Waals surface area contributed by atoms with Gasteiger partial charge in [-0.1, -0.05) is 66.9 Å². The molecule has 0 amide bonds. The van der Waals surface area contributed by atoms with E-state index in [4.69, 9.17) is 4.74 Å². The lowest BCUT2D eigenvalue weighted by molar-refractivity contribution is -0.213. The van der Waals surface area contributed by atoms with Crippen molar-refractivity contribution in [1.29, 1.82) is 0 Å². The highest BCUT2D eigenvalue weighted by atomic mass is 16.5. The number of aliphatic carboxylic acids is 1. The summed E-state index contributed by atoms with van der Waals surface area (Å²) in [6.45, 7) is 16.1. The van der Waals surface area contributed by atoms with Crippen molar-refractivity contribution in [3.63, 3.8) is 0 Å². The second-order valence-corrected chi connectivity index (χ2v) is 18.1. The number of ketones is 1. The molecule has 5 fully saturated rings. The molecular weight excluding hydrogens is 552 g/mol. The van der Waals surface area contributed by atoms with Crippen molar-refractivity contribution in [2.24, 2.45) is 62.1 Å². The van der Waals surface area contributed by atoms with E-state index in [1.165, 1.54) is 11.9 Å². The van der Waals surface area contributed by atoms with E-state index >= 15 is 0 Å². The standard InChI is InChI=1S/C38H56O6/c1-33(2)28-12-15-38(7)30(36(28,5)14-13-29(33)44-32(43)24-11-9-8-10-23(24)31(41)42)27(40)20-25-26-21-34(3,22-39)16-17-35(26,4)18-19-37(25,38)6/h20,22-24,26,28-30H,8-19,21H2,1-7H3,(H,41,42)/t23-,24-,26+,28?,29+,30?,34+,35-,36+,37?,38-/m1/s1. The number of ether oxygens (including phenoxy) is 1. The molecule has 11 atom stereocenters. The highest BCUT2D eigenvalue weighted by molar-refractivity contribution is 5.95. The summed E-state index contributed by atoms with van der Waals surface area (Å²) in [5.41, 5.74) is 0.323. The van der Waals surface area contributed by atoms with Crippen molar-refractivity contribution in [3.8, 4) is 0 Å². The van der Waals surface area contributed by atoms with Crippen molar-refractivity contribution in [2.75, 3.05) is 0 Å². The predicted octanol–water partition coefficient (Wildman–Crippen LogP) is 7.97. The second-order valence-electron chi connectivity index (χ2n) is 18.1. The number of fused-ring (bicyclic) bond motifs is 7. The fourth-order valence-electron chi connectivity index (χ4n) is 12.4. The maximum Gasteiger partial charge on any atom is 0.310 e. The van der Waals surface area contributed by atoms with Crippen LogP contribution in [0.5, 0.6) is 0 Å². The summed E-state index contributed by atoms with van der Waals surface area (Å²) < 4.78 is 6.29. The molecule has 244 valence electrons. The minimum Gasteiger partial charge on any atom is -0.481 e.